The number of hydrogen-bond acceptors (Lipinski definition) is 6. The Morgan fingerprint density at radius 2 is 1.96 bits per heavy atom. The van der Waals surface area contributed by atoms with Crippen molar-refractivity contribution < 1.29 is 27.5 Å². The Hall–Kier alpha value is -2.43. The van der Waals surface area contributed by atoms with E-state index in [1.165, 1.54) is 29.6 Å². The lowest BCUT2D eigenvalue weighted by atomic mass is 10.3. The van der Waals surface area contributed by atoms with Gasteiger partial charge in [0.15, 0.2) is 0 Å². The number of rotatable bonds is 7. The number of amides is 2. The molecule has 1 aromatic carbocycles. The number of carbonyl (C=O) groups excluding carboxylic acids is 2. The highest BCUT2D eigenvalue weighted by Crippen LogP contribution is 2.23. The molecule has 2 rings (SSSR count). The molecule has 148 valence electrons. The molecule has 2 N–H and O–H groups in total. The second-order valence-electron chi connectivity index (χ2n) is 5.68. The Bertz CT molecular complexity index is 778. The third kappa shape index (κ3) is 5.28. The van der Waals surface area contributed by atoms with Crippen molar-refractivity contribution in [1.29, 1.82) is 0 Å². The number of sulfonamides is 1. The van der Waals surface area contributed by atoms with Crippen LogP contribution in [0.25, 0.3) is 0 Å². The van der Waals surface area contributed by atoms with Gasteiger partial charge in [0.25, 0.3) is 0 Å². The molecule has 0 radical (unpaired) electrons. The summed E-state index contributed by atoms with van der Waals surface area (Å²) in [6.45, 7) is 4.06. The van der Waals surface area contributed by atoms with Gasteiger partial charge in [0.05, 0.1) is 25.2 Å². The van der Waals surface area contributed by atoms with Gasteiger partial charge in [-0.1, -0.05) is 6.08 Å². The predicted molar refractivity (Wildman–Crippen MR) is 97.5 cm³/mol. The lowest BCUT2D eigenvalue weighted by molar-refractivity contribution is -0.140. The molecule has 0 saturated carbocycles. The van der Waals surface area contributed by atoms with Crippen molar-refractivity contribution in [3.63, 3.8) is 0 Å². The predicted octanol–water partition coefficient (Wildman–Crippen LogP) is -0.149. The minimum atomic E-state index is -3.83. The summed E-state index contributed by atoms with van der Waals surface area (Å²) in [7, 11) is -2.34. The zero-order valence-electron chi connectivity index (χ0n) is 15.0. The van der Waals surface area contributed by atoms with Crippen LogP contribution in [-0.4, -0.2) is 64.1 Å². The van der Waals surface area contributed by atoms with E-state index in [2.05, 4.69) is 17.2 Å². The van der Waals surface area contributed by atoms with Gasteiger partial charge < -0.3 is 20.1 Å². The number of nitrogens with one attached hydrogen (secondary N) is 2. The highest BCUT2D eigenvalue weighted by Gasteiger charge is 2.34. The topological polar surface area (TPSA) is 114 Å². The second-order valence-corrected chi connectivity index (χ2v) is 7.57. The van der Waals surface area contributed by atoms with Gasteiger partial charge in [-0.2, -0.15) is 4.31 Å². The van der Waals surface area contributed by atoms with Crippen molar-refractivity contribution in [3.05, 3.63) is 36.9 Å². The van der Waals surface area contributed by atoms with Crippen LogP contribution in [0.4, 0.5) is 0 Å². The van der Waals surface area contributed by atoms with E-state index in [4.69, 9.17) is 9.47 Å². The number of methoxy groups -OCH3 is 1. The Kier molecular flexibility index (Phi) is 7.34. The summed E-state index contributed by atoms with van der Waals surface area (Å²) < 4.78 is 37.6. The zero-order chi connectivity index (χ0) is 19.9. The van der Waals surface area contributed by atoms with Crippen molar-refractivity contribution in [1.82, 2.24) is 14.9 Å². The molecule has 0 spiro atoms. The number of hydrogen-bond donors (Lipinski definition) is 2. The number of ether oxygens (including phenoxy) is 2. The maximum atomic E-state index is 12.9. The second kappa shape index (κ2) is 9.49. The van der Waals surface area contributed by atoms with E-state index in [0.29, 0.717) is 18.8 Å². The van der Waals surface area contributed by atoms with Gasteiger partial charge in [0.2, 0.25) is 10.0 Å². The fourth-order valence-corrected chi connectivity index (χ4v) is 4.06. The molecule has 27 heavy (non-hydrogen) atoms. The molecule has 1 fully saturated rings. The largest absolute Gasteiger partial charge is 0.497 e. The summed E-state index contributed by atoms with van der Waals surface area (Å²) in [4.78, 5) is 23.5. The molecule has 10 heteroatoms. The summed E-state index contributed by atoms with van der Waals surface area (Å²) in [5, 5.41) is 4.74. The molecule has 1 saturated heterocycles. The smallest absolute Gasteiger partial charge is 0.309 e. The van der Waals surface area contributed by atoms with Crippen LogP contribution < -0.4 is 15.4 Å². The van der Waals surface area contributed by atoms with Crippen LogP contribution in [0.3, 0.4) is 0 Å². The van der Waals surface area contributed by atoms with E-state index in [1.54, 1.807) is 12.1 Å². The van der Waals surface area contributed by atoms with E-state index in [-0.39, 0.29) is 24.5 Å². The number of carbonyl (C=O) groups is 2. The summed E-state index contributed by atoms with van der Waals surface area (Å²) >= 11 is 0. The van der Waals surface area contributed by atoms with Crippen LogP contribution in [0, 0.1) is 0 Å². The maximum absolute atomic E-state index is 12.9. The van der Waals surface area contributed by atoms with Crippen LogP contribution >= 0.6 is 0 Å². The van der Waals surface area contributed by atoms with Gasteiger partial charge in [-0.25, -0.2) is 8.42 Å². The van der Waals surface area contributed by atoms with E-state index in [9.17, 15) is 18.0 Å². The van der Waals surface area contributed by atoms with Crippen LogP contribution in [0.15, 0.2) is 41.8 Å². The summed E-state index contributed by atoms with van der Waals surface area (Å²) in [5.74, 6) is -1.15. The highest BCUT2D eigenvalue weighted by molar-refractivity contribution is 7.89. The lowest BCUT2D eigenvalue weighted by Crippen LogP contribution is -2.53. The molecule has 1 atom stereocenters. The van der Waals surface area contributed by atoms with E-state index in [0.717, 1.165) is 0 Å². The molecule has 1 aromatic rings. The normalized spacial score (nSPS) is 17.7. The highest BCUT2D eigenvalue weighted by atomic mass is 32.2. The van der Waals surface area contributed by atoms with Crippen molar-refractivity contribution in [2.24, 2.45) is 0 Å². The fourth-order valence-electron chi connectivity index (χ4n) is 2.49. The van der Waals surface area contributed by atoms with Crippen molar-refractivity contribution in [2.75, 3.05) is 33.4 Å². The zero-order valence-corrected chi connectivity index (χ0v) is 15.8. The van der Waals surface area contributed by atoms with Gasteiger partial charge in [-0.15, -0.1) is 6.58 Å². The molecule has 0 aromatic heterocycles. The van der Waals surface area contributed by atoms with Crippen LogP contribution in [0.2, 0.25) is 0 Å². The summed E-state index contributed by atoms with van der Waals surface area (Å²) in [5.41, 5.74) is 0. The average molecular weight is 397 g/mol. The molecule has 9 nitrogen and oxygen atoms in total. The monoisotopic (exact) mass is 397 g/mol. The third-order valence-electron chi connectivity index (χ3n) is 3.87. The maximum Gasteiger partial charge on any atom is 0.309 e. The van der Waals surface area contributed by atoms with Crippen molar-refractivity contribution in [3.8, 4) is 5.75 Å². The molecule has 1 unspecified atom stereocenters. The van der Waals surface area contributed by atoms with Crippen molar-refractivity contribution in [2.45, 2.75) is 17.5 Å². The van der Waals surface area contributed by atoms with Crippen LogP contribution in [0.5, 0.6) is 5.75 Å². The molecular formula is C17H23N3O6S. The Labute approximate surface area is 158 Å². The molecule has 1 aliphatic rings. The van der Waals surface area contributed by atoms with E-state index >= 15 is 0 Å². The molecule has 1 heterocycles. The van der Waals surface area contributed by atoms with Gasteiger partial charge in [-0.3, -0.25) is 9.59 Å². The number of benzene rings is 1. The fraction of sp³-hybridized carbons (Fsp3) is 0.412. The standard InChI is InChI=1S/C17H23N3O6S/c1-3-9-18-16(21)17(22)19-12-15-20(10-4-11-26-15)27(23,24)14-7-5-13(25-2)6-8-14/h3,5-8,15H,1,4,9-12H2,2H3,(H,18,21)(H,19,22). The summed E-state index contributed by atoms with van der Waals surface area (Å²) in [6, 6.07) is 6.00. The minimum absolute atomic E-state index is 0.0915. The Morgan fingerprint density at radius 1 is 1.30 bits per heavy atom. The first-order valence-corrected chi connectivity index (χ1v) is 9.78. The summed E-state index contributed by atoms with van der Waals surface area (Å²) in [6.07, 6.45) is 1.07. The van der Waals surface area contributed by atoms with E-state index < -0.39 is 28.1 Å². The van der Waals surface area contributed by atoms with Gasteiger partial charge in [0.1, 0.15) is 12.0 Å². The number of nitrogens with zero attached hydrogens (tertiary/aromatic N) is 1. The SMILES string of the molecule is C=CCNC(=O)C(=O)NCC1OCCCN1S(=O)(=O)c1ccc(OC)cc1. The third-order valence-corrected chi connectivity index (χ3v) is 5.77. The molecular weight excluding hydrogens is 374 g/mol. The Balaban J connectivity index is 2.08. The average Bonchev–Trinajstić information content (AvgIpc) is 2.70. The first-order chi connectivity index (χ1) is 12.9. The van der Waals surface area contributed by atoms with Crippen LogP contribution in [-0.2, 0) is 24.3 Å². The Morgan fingerprint density at radius 3 is 2.59 bits per heavy atom. The quantitative estimate of drug-likeness (QED) is 0.489. The molecule has 0 aliphatic carbocycles. The van der Waals surface area contributed by atoms with Gasteiger partial charge >= 0.3 is 11.8 Å². The van der Waals surface area contributed by atoms with Gasteiger partial charge in [0, 0.05) is 13.1 Å². The molecule has 2 amide bonds. The first kappa shape index (κ1) is 20.9. The molecule has 0 bridgehead atoms. The van der Waals surface area contributed by atoms with Crippen molar-refractivity contribution >= 4 is 21.8 Å². The first-order valence-electron chi connectivity index (χ1n) is 8.34. The molecule has 1 aliphatic heterocycles. The van der Waals surface area contributed by atoms with Gasteiger partial charge in [-0.05, 0) is 30.7 Å². The van der Waals surface area contributed by atoms with E-state index in [1.807, 2.05) is 0 Å². The minimum Gasteiger partial charge on any atom is -0.497 e. The van der Waals surface area contributed by atoms with Crippen LogP contribution in [0.1, 0.15) is 6.42 Å². The lowest BCUT2D eigenvalue weighted by Gasteiger charge is -2.34.